The average Bonchev–Trinajstić information content (AvgIpc) is 3.57. The predicted octanol–water partition coefficient (Wildman–Crippen LogP) is 8.91. The molecule has 0 aliphatic heterocycles. The maximum Gasteiger partial charge on any atom is 0.225 e. The van der Waals surface area contributed by atoms with Gasteiger partial charge in [-0.05, 0) is 70.1 Å². The Hall–Kier alpha value is -4.27. The van der Waals surface area contributed by atoms with Gasteiger partial charge in [0.2, 0.25) is 5.43 Å². The van der Waals surface area contributed by atoms with Crippen LogP contribution in [0.2, 0.25) is 0 Å². The van der Waals surface area contributed by atoms with Crippen LogP contribution in [0.15, 0.2) is 72.9 Å². The number of Topliss-reactive ketones (excluding diaryl/α,β-unsaturated/α-hetero) is 1. The number of H-pyrrole nitrogens is 1. The second-order valence-corrected chi connectivity index (χ2v) is 14.1. The third-order valence-corrected chi connectivity index (χ3v) is 8.96. The van der Waals surface area contributed by atoms with Crippen molar-refractivity contribution in [1.29, 1.82) is 0 Å². The van der Waals surface area contributed by atoms with Crippen LogP contribution in [0.25, 0.3) is 5.57 Å². The smallest absolute Gasteiger partial charge is 0.225 e. The molecule has 2 heterocycles. The number of allylic oxidation sites excluding steroid dienone is 5. The van der Waals surface area contributed by atoms with E-state index >= 15 is 0 Å². The summed E-state index contributed by atoms with van der Waals surface area (Å²) >= 11 is 0. The first-order valence-corrected chi connectivity index (χ1v) is 17.8. The second kappa shape index (κ2) is 17.9. The summed E-state index contributed by atoms with van der Waals surface area (Å²) in [5.41, 5.74) is 2.76. The first-order chi connectivity index (χ1) is 23.2. The lowest BCUT2D eigenvalue weighted by Crippen LogP contribution is -2.27. The number of rotatable bonds is 16. The second-order valence-electron chi connectivity index (χ2n) is 14.1. The van der Waals surface area contributed by atoms with Crippen molar-refractivity contribution >= 4 is 28.8 Å². The number of aromatic amines is 1. The summed E-state index contributed by atoms with van der Waals surface area (Å²) in [4.78, 5) is 46.5. The highest BCUT2D eigenvalue weighted by atomic mass is 16.4. The lowest BCUT2D eigenvalue weighted by atomic mass is 9.81. The molecule has 0 radical (unpaired) electrons. The van der Waals surface area contributed by atoms with Gasteiger partial charge in [-0.3, -0.25) is 19.5 Å². The highest BCUT2D eigenvalue weighted by Crippen LogP contribution is 2.34. The Labute approximate surface area is 292 Å². The number of nitrogens with zero attached hydrogens (tertiary/aromatic N) is 3. The molecular formula is C40H57N5O4. The quantitative estimate of drug-likeness (QED) is 0.104. The van der Waals surface area contributed by atoms with E-state index in [9.17, 15) is 14.4 Å². The number of nitrogens with one attached hydrogen (secondary N) is 2. The number of unbranched alkanes of at least 4 members (excludes halogenated alkanes) is 1. The third kappa shape index (κ3) is 10.6. The van der Waals surface area contributed by atoms with Crippen molar-refractivity contribution in [2.45, 2.75) is 114 Å². The minimum atomic E-state index is -0.484. The van der Waals surface area contributed by atoms with Gasteiger partial charge in [0.1, 0.15) is 11.6 Å². The van der Waals surface area contributed by atoms with Crippen LogP contribution < -0.4 is 21.1 Å². The number of carbonyl (C=O) groups excluding carboxylic acids is 1. The highest BCUT2D eigenvalue weighted by molar-refractivity contribution is 6.05. The van der Waals surface area contributed by atoms with Crippen LogP contribution in [-0.4, -0.2) is 34.8 Å². The third-order valence-electron chi connectivity index (χ3n) is 8.96. The molecule has 2 N–H and O–H groups in total. The minimum absolute atomic E-state index is 0.0313. The minimum Gasteiger partial charge on any atom is -0.440 e. The van der Waals surface area contributed by atoms with E-state index in [1.165, 1.54) is 18.9 Å². The molecule has 0 atom stereocenters. The molecule has 1 fully saturated rings. The van der Waals surface area contributed by atoms with Crippen LogP contribution in [-0.2, 0) is 4.79 Å². The number of anilines is 2. The van der Waals surface area contributed by atoms with Gasteiger partial charge in [-0.2, -0.15) is 5.10 Å². The lowest BCUT2D eigenvalue weighted by molar-refractivity contribution is -0.122. The molecule has 3 rings (SSSR count). The number of carbonyl (C=O) groups is 1. The highest BCUT2D eigenvalue weighted by Gasteiger charge is 2.28. The van der Waals surface area contributed by atoms with E-state index in [2.05, 4.69) is 45.8 Å². The topological polar surface area (TPSA) is 121 Å². The van der Waals surface area contributed by atoms with E-state index in [4.69, 9.17) is 4.42 Å². The molecule has 9 heteroatoms. The van der Waals surface area contributed by atoms with Crippen molar-refractivity contribution in [1.82, 2.24) is 10.2 Å². The van der Waals surface area contributed by atoms with E-state index in [1.54, 1.807) is 19.1 Å². The number of aromatic nitrogens is 2. The van der Waals surface area contributed by atoms with Crippen LogP contribution in [0, 0.1) is 18.3 Å². The summed E-state index contributed by atoms with van der Waals surface area (Å²) in [6.07, 6.45) is 14.1. The summed E-state index contributed by atoms with van der Waals surface area (Å²) in [6.45, 7) is 23.0. The summed E-state index contributed by atoms with van der Waals surface area (Å²) < 4.78 is 6.35. The maximum absolute atomic E-state index is 13.4. The Bertz CT molecular complexity index is 1730. The number of hydrogen-bond donors (Lipinski definition) is 2. The van der Waals surface area contributed by atoms with Crippen LogP contribution in [0.4, 0.5) is 11.7 Å². The van der Waals surface area contributed by atoms with Gasteiger partial charge in [-0.15, -0.1) is 0 Å². The van der Waals surface area contributed by atoms with Crippen molar-refractivity contribution in [3.63, 3.8) is 0 Å². The normalized spacial score (nSPS) is 15.1. The van der Waals surface area contributed by atoms with Gasteiger partial charge in [-0.25, -0.2) is 4.99 Å². The van der Waals surface area contributed by atoms with Gasteiger partial charge < -0.3 is 14.6 Å². The molecule has 0 spiro atoms. The average molecular weight is 672 g/mol. The number of aliphatic imine (C=N–C) groups is 1. The Kier molecular flexibility index (Phi) is 14.3. The Balaban J connectivity index is 1.87. The van der Waals surface area contributed by atoms with Crippen LogP contribution >= 0.6 is 0 Å². The zero-order valence-corrected chi connectivity index (χ0v) is 31.2. The molecule has 2 aromatic heterocycles. The predicted molar refractivity (Wildman–Crippen MR) is 203 cm³/mol. The zero-order chi connectivity index (χ0) is 36.3. The molecule has 0 saturated heterocycles. The Morgan fingerprint density at radius 1 is 1.10 bits per heavy atom. The van der Waals surface area contributed by atoms with Crippen molar-refractivity contribution in [2.24, 2.45) is 16.3 Å². The van der Waals surface area contributed by atoms with E-state index in [0.717, 1.165) is 62.8 Å². The van der Waals surface area contributed by atoms with Gasteiger partial charge in [0.05, 0.1) is 5.69 Å². The van der Waals surface area contributed by atoms with E-state index in [1.807, 2.05) is 53.7 Å². The number of hydrogen-bond acceptors (Lipinski definition) is 8. The van der Waals surface area contributed by atoms with Crippen molar-refractivity contribution < 1.29 is 9.21 Å². The van der Waals surface area contributed by atoms with Gasteiger partial charge in [0, 0.05) is 47.5 Å². The standard InChI is InChI=1S/C40H57N5O4/c1-11-15-21-45(20-12-2)36-25-34(46)26(5)37(49-36)32(14-4)33-24-35(47)39(44-43-33)42-28(7)41-27(6)30(13-3)23-31(38(48)40(8,9)10)22-29-18-16-17-19-29/h13-14,23-25,29H,7,11-12,15-22H2,1-6,8-10H3,(H,42,44)(H,43,47)/b30-13-,31-23+,32-14-,41-27-. The summed E-state index contributed by atoms with van der Waals surface area (Å²) in [5, 5.41) is 10.2. The van der Waals surface area contributed by atoms with E-state index in [-0.39, 0.29) is 28.3 Å². The van der Waals surface area contributed by atoms with Gasteiger partial charge in [0.15, 0.2) is 22.9 Å². The van der Waals surface area contributed by atoms with Crippen molar-refractivity contribution in [3.8, 4) is 0 Å². The molecular weight excluding hydrogens is 614 g/mol. The summed E-state index contributed by atoms with van der Waals surface area (Å²) in [6, 6.07) is 2.97. The molecule has 266 valence electrons. The monoisotopic (exact) mass is 671 g/mol. The Morgan fingerprint density at radius 2 is 1.80 bits per heavy atom. The molecule has 9 nitrogen and oxygen atoms in total. The number of ketones is 1. The molecule has 0 bridgehead atoms. The van der Waals surface area contributed by atoms with Gasteiger partial charge in [0.25, 0.3) is 0 Å². The van der Waals surface area contributed by atoms with Gasteiger partial charge in [-0.1, -0.05) is 85.5 Å². The van der Waals surface area contributed by atoms with E-state index < -0.39 is 5.41 Å². The summed E-state index contributed by atoms with van der Waals surface area (Å²) in [5.74, 6) is 1.86. The lowest BCUT2D eigenvalue weighted by Gasteiger charge is -2.23. The van der Waals surface area contributed by atoms with Crippen LogP contribution in [0.3, 0.4) is 0 Å². The largest absolute Gasteiger partial charge is 0.440 e. The first kappa shape index (κ1) is 39.2. The zero-order valence-electron chi connectivity index (χ0n) is 31.2. The SMILES string of the molecule is C=C(\N=C(C)/C(=C\C)/C=C(\CC1CCCC1)C(=O)C(C)(C)C)Nc1n[nH]c(/C(=C/C)c2oc(N(CCC)CCCC)cc(=O)c2C)cc1=O. The van der Waals surface area contributed by atoms with Crippen LogP contribution in [0.1, 0.15) is 124 Å². The molecule has 1 aliphatic carbocycles. The summed E-state index contributed by atoms with van der Waals surface area (Å²) in [7, 11) is 0. The first-order valence-electron chi connectivity index (χ1n) is 17.8. The van der Waals surface area contributed by atoms with E-state index in [0.29, 0.717) is 40.1 Å². The molecule has 49 heavy (non-hydrogen) atoms. The van der Waals surface area contributed by atoms with Gasteiger partial charge >= 0.3 is 0 Å². The molecule has 0 unspecified atom stereocenters. The van der Waals surface area contributed by atoms with Crippen LogP contribution in [0.5, 0.6) is 0 Å². The molecule has 2 aromatic rings. The molecule has 1 saturated carbocycles. The Morgan fingerprint density at radius 3 is 2.37 bits per heavy atom. The fourth-order valence-electron chi connectivity index (χ4n) is 6.19. The molecule has 0 aromatic carbocycles. The maximum atomic E-state index is 13.4. The fourth-order valence-corrected chi connectivity index (χ4v) is 6.19. The van der Waals surface area contributed by atoms with Crippen molar-refractivity contribution in [3.05, 3.63) is 91.4 Å². The van der Waals surface area contributed by atoms with Crippen molar-refractivity contribution in [2.75, 3.05) is 23.3 Å². The molecule has 1 aliphatic rings. The fraction of sp³-hybridized carbons (Fsp3) is 0.525. The molecule has 0 amide bonds.